The van der Waals surface area contributed by atoms with Gasteiger partial charge >= 0.3 is 0 Å². The normalized spacial score (nSPS) is 14.1. The molecule has 0 fully saturated rings. The minimum Gasteiger partial charge on any atom is -0.352 e. The van der Waals surface area contributed by atoms with E-state index in [1.807, 2.05) is 30.3 Å². The van der Waals surface area contributed by atoms with Gasteiger partial charge in [0.25, 0.3) is 11.5 Å². The van der Waals surface area contributed by atoms with E-state index >= 15 is 0 Å². The van der Waals surface area contributed by atoms with Gasteiger partial charge in [-0.15, -0.1) is 0 Å². The summed E-state index contributed by atoms with van der Waals surface area (Å²) in [4.78, 5) is 27.0. The van der Waals surface area contributed by atoms with Crippen LogP contribution >= 0.6 is 0 Å². The van der Waals surface area contributed by atoms with Crippen molar-refractivity contribution in [3.05, 3.63) is 70.2 Å². The first kappa shape index (κ1) is 16.2. The van der Waals surface area contributed by atoms with Gasteiger partial charge in [-0.05, 0) is 43.7 Å². The fourth-order valence-electron chi connectivity index (χ4n) is 3.02. The monoisotopic (exact) mass is 322 g/mol. The second-order valence-corrected chi connectivity index (χ2v) is 6.11. The van der Waals surface area contributed by atoms with Crippen molar-refractivity contribution in [1.29, 1.82) is 0 Å². The molecule has 2 aromatic rings. The molecule has 0 spiro atoms. The van der Waals surface area contributed by atoms with Crippen LogP contribution in [0.25, 0.3) is 11.1 Å². The number of hydrogen-bond acceptors (Lipinski definition) is 2. The van der Waals surface area contributed by atoms with Gasteiger partial charge in [-0.2, -0.15) is 0 Å². The third kappa shape index (κ3) is 4.02. The molecular weight excluding hydrogens is 300 g/mol. The number of pyridine rings is 1. The molecule has 4 nitrogen and oxygen atoms in total. The molecule has 0 unspecified atom stereocenters. The van der Waals surface area contributed by atoms with Crippen LogP contribution in [0.1, 0.15) is 42.5 Å². The second kappa shape index (κ2) is 7.77. The van der Waals surface area contributed by atoms with E-state index < -0.39 is 0 Å². The lowest BCUT2D eigenvalue weighted by molar-refractivity contribution is 0.0953. The minimum absolute atomic E-state index is 0.153. The number of hydrogen-bond donors (Lipinski definition) is 2. The van der Waals surface area contributed by atoms with Crippen molar-refractivity contribution in [2.45, 2.75) is 32.1 Å². The van der Waals surface area contributed by atoms with Gasteiger partial charge in [0.05, 0.1) is 5.56 Å². The van der Waals surface area contributed by atoms with E-state index in [2.05, 4.69) is 16.4 Å². The Morgan fingerprint density at radius 3 is 2.75 bits per heavy atom. The number of allylic oxidation sites excluding steroid dienone is 1. The molecule has 24 heavy (non-hydrogen) atoms. The first-order valence-corrected chi connectivity index (χ1v) is 8.48. The van der Waals surface area contributed by atoms with Crippen LogP contribution in [-0.4, -0.2) is 17.4 Å². The Hall–Kier alpha value is -2.62. The highest BCUT2D eigenvalue weighted by molar-refractivity contribution is 5.95. The zero-order valence-electron chi connectivity index (χ0n) is 13.7. The number of H-pyrrole nitrogens is 1. The van der Waals surface area contributed by atoms with Crippen LogP contribution in [0.15, 0.2) is 59.0 Å². The van der Waals surface area contributed by atoms with Crippen molar-refractivity contribution in [3.8, 4) is 11.1 Å². The summed E-state index contributed by atoms with van der Waals surface area (Å²) in [5.74, 6) is -0.153. The Labute approximate surface area is 141 Å². The number of carbonyl (C=O) groups excluding carboxylic acids is 1. The summed E-state index contributed by atoms with van der Waals surface area (Å²) in [7, 11) is 0. The summed E-state index contributed by atoms with van der Waals surface area (Å²) in [6.07, 6.45) is 9.50. The fourth-order valence-corrected chi connectivity index (χ4v) is 3.02. The number of carbonyl (C=O) groups is 1. The summed E-state index contributed by atoms with van der Waals surface area (Å²) in [5, 5.41) is 2.94. The van der Waals surface area contributed by atoms with Crippen LogP contribution in [0.2, 0.25) is 0 Å². The van der Waals surface area contributed by atoms with Gasteiger partial charge in [0.15, 0.2) is 0 Å². The molecule has 1 aliphatic carbocycles. The molecular formula is C20H22N2O2. The number of nitrogens with one attached hydrogen (secondary N) is 2. The SMILES string of the molecule is O=C(NCCC1=CCCCC1)c1c[nH]c(=O)c(-c2ccccc2)c1. The predicted octanol–water partition coefficient (Wildman–Crippen LogP) is 3.66. The van der Waals surface area contributed by atoms with E-state index in [9.17, 15) is 9.59 Å². The summed E-state index contributed by atoms with van der Waals surface area (Å²) in [5.41, 5.74) is 3.04. The van der Waals surface area contributed by atoms with Gasteiger partial charge in [-0.1, -0.05) is 42.0 Å². The maximum atomic E-state index is 12.3. The fraction of sp³-hybridized carbons (Fsp3) is 0.300. The molecule has 1 aliphatic rings. The van der Waals surface area contributed by atoms with Crippen molar-refractivity contribution < 1.29 is 4.79 Å². The molecule has 0 aliphatic heterocycles. The van der Waals surface area contributed by atoms with Gasteiger partial charge in [-0.25, -0.2) is 0 Å². The van der Waals surface area contributed by atoms with Crippen LogP contribution < -0.4 is 10.9 Å². The molecule has 1 heterocycles. The van der Waals surface area contributed by atoms with Gasteiger partial charge in [0.2, 0.25) is 0 Å². The average molecular weight is 322 g/mol. The Kier molecular flexibility index (Phi) is 5.26. The summed E-state index contributed by atoms with van der Waals surface area (Å²) in [6.45, 7) is 0.629. The number of aromatic amines is 1. The Bertz CT molecular complexity index is 791. The van der Waals surface area contributed by atoms with E-state index in [0.29, 0.717) is 17.7 Å². The van der Waals surface area contributed by atoms with Crippen LogP contribution in [0, 0.1) is 0 Å². The number of amides is 1. The van der Waals surface area contributed by atoms with Crippen molar-refractivity contribution in [2.75, 3.05) is 6.54 Å². The maximum absolute atomic E-state index is 12.3. The smallest absolute Gasteiger partial charge is 0.255 e. The van der Waals surface area contributed by atoms with Crippen molar-refractivity contribution in [1.82, 2.24) is 10.3 Å². The summed E-state index contributed by atoms with van der Waals surface area (Å²) >= 11 is 0. The van der Waals surface area contributed by atoms with Crippen LogP contribution in [0.5, 0.6) is 0 Å². The molecule has 4 heteroatoms. The largest absolute Gasteiger partial charge is 0.352 e. The Morgan fingerprint density at radius 2 is 2.00 bits per heavy atom. The van der Waals surface area contributed by atoms with Gasteiger partial charge in [-0.3, -0.25) is 9.59 Å². The first-order valence-electron chi connectivity index (χ1n) is 8.48. The lowest BCUT2D eigenvalue weighted by Crippen LogP contribution is -2.26. The third-order valence-electron chi connectivity index (χ3n) is 4.37. The Balaban J connectivity index is 1.67. The average Bonchev–Trinajstić information content (AvgIpc) is 2.63. The van der Waals surface area contributed by atoms with E-state index in [4.69, 9.17) is 0 Å². The molecule has 0 radical (unpaired) electrons. The van der Waals surface area contributed by atoms with Crippen LogP contribution in [0.3, 0.4) is 0 Å². The first-order chi connectivity index (χ1) is 11.7. The van der Waals surface area contributed by atoms with E-state index in [1.54, 1.807) is 6.07 Å². The molecule has 0 bridgehead atoms. The lowest BCUT2D eigenvalue weighted by atomic mass is 9.97. The highest BCUT2D eigenvalue weighted by Gasteiger charge is 2.10. The highest BCUT2D eigenvalue weighted by Crippen LogP contribution is 2.19. The zero-order valence-corrected chi connectivity index (χ0v) is 13.7. The summed E-state index contributed by atoms with van der Waals surface area (Å²) in [6, 6.07) is 11.0. The standard InChI is InChI=1S/C20H22N2O2/c23-19(21-12-11-15-7-3-1-4-8-15)17-13-18(20(24)22-14-17)16-9-5-2-6-10-16/h2,5-7,9-10,13-14H,1,3-4,8,11-12H2,(H,21,23)(H,22,24). The molecule has 2 N–H and O–H groups in total. The molecule has 124 valence electrons. The zero-order chi connectivity index (χ0) is 16.8. The molecule has 0 saturated carbocycles. The quantitative estimate of drug-likeness (QED) is 0.825. The van der Waals surface area contributed by atoms with Crippen molar-refractivity contribution >= 4 is 5.91 Å². The second-order valence-electron chi connectivity index (χ2n) is 6.11. The molecule has 0 atom stereocenters. The van der Waals surface area contributed by atoms with E-state index in [1.165, 1.54) is 24.6 Å². The highest BCUT2D eigenvalue weighted by atomic mass is 16.1. The third-order valence-corrected chi connectivity index (χ3v) is 4.37. The molecule has 1 aromatic heterocycles. The summed E-state index contributed by atoms with van der Waals surface area (Å²) < 4.78 is 0. The van der Waals surface area contributed by atoms with Gasteiger partial charge < -0.3 is 10.3 Å². The predicted molar refractivity (Wildman–Crippen MR) is 96.0 cm³/mol. The van der Waals surface area contributed by atoms with Crippen molar-refractivity contribution in [2.24, 2.45) is 0 Å². The minimum atomic E-state index is -0.190. The van der Waals surface area contributed by atoms with Crippen LogP contribution in [-0.2, 0) is 0 Å². The van der Waals surface area contributed by atoms with Gasteiger partial charge in [0.1, 0.15) is 0 Å². The number of aromatic nitrogens is 1. The molecule has 1 aromatic carbocycles. The molecule has 3 rings (SSSR count). The van der Waals surface area contributed by atoms with E-state index in [-0.39, 0.29) is 11.5 Å². The number of rotatable bonds is 5. The maximum Gasteiger partial charge on any atom is 0.255 e. The van der Waals surface area contributed by atoms with Crippen molar-refractivity contribution in [3.63, 3.8) is 0 Å². The molecule has 0 saturated heterocycles. The molecule has 1 amide bonds. The topological polar surface area (TPSA) is 62.0 Å². The van der Waals surface area contributed by atoms with Gasteiger partial charge in [0, 0.05) is 18.3 Å². The Morgan fingerprint density at radius 1 is 1.17 bits per heavy atom. The lowest BCUT2D eigenvalue weighted by Gasteiger charge is -2.13. The van der Waals surface area contributed by atoms with Crippen LogP contribution in [0.4, 0.5) is 0 Å². The number of benzene rings is 1. The van der Waals surface area contributed by atoms with E-state index in [0.717, 1.165) is 24.8 Å².